The number of allylic oxidation sites excluding steroid dienone is 14. The van der Waals surface area contributed by atoms with E-state index in [4.69, 9.17) is 18.5 Å². The molecule has 0 rings (SSSR count). The number of hydrogen-bond acceptors (Lipinski definition) is 8. The summed E-state index contributed by atoms with van der Waals surface area (Å²) < 4.78 is 34.4. The van der Waals surface area contributed by atoms with Gasteiger partial charge in [0.1, 0.15) is 19.8 Å². The van der Waals surface area contributed by atoms with Crippen molar-refractivity contribution in [1.29, 1.82) is 0 Å². The Morgan fingerprint density at radius 1 is 0.340 bits per heavy atom. The van der Waals surface area contributed by atoms with E-state index in [1.807, 2.05) is 21.1 Å². The molecule has 0 aromatic heterocycles. The number of unbranched alkanes of at least 4 members (excludes halogenated alkanes) is 47. The molecule has 0 heterocycles. The van der Waals surface area contributed by atoms with Gasteiger partial charge in [0, 0.05) is 12.8 Å². The zero-order chi connectivity index (χ0) is 68.3. The molecule has 548 valence electrons. The molecule has 2 atom stereocenters. The van der Waals surface area contributed by atoms with Crippen LogP contribution in [0.5, 0.6) is 0 Å². The second-order valence-electron chi connectivity index (χ2n) is 28.4. The molecule has 10 heteroatoms. The number of phosphoric acid groups is 1. The summed E-state index contributed by atoms with van der Waals surface area (Å²) in [6.45, 7) is 4.17. The predicted octanol–water partition coefficient (Wildman–Crippen LogP) is 26.2. The van der Waals surface area contributed by atoms with Crippen LogP contribution in [0.2, 0.25) is 0 Å². The number of rotatable bonds is 75. The van der Waals surface area contributed by atoms with E-state index >= 15 is 0 Å². The number of ether oxygens (including phenoxy) is 2. The van der Waals surface area contributed by atoms with Crippen LogP contribution in [0.3, 0.4) is 0 Å². The Bertz CT molecular complexity index is 1860. The molecule has 94 heavy (non-hydrogen) atoms. The van der Waals surface area contributed by atoms with Gasteiger partial charge in [0.25, 0.3) is 7.82 Å². The van der Waals surface area contributed by atoms with Crippen LogP contribution in [0.4, 0.5) is 0 Å². The van der Waals surface area contributed by atoms with Gasteiger partial charge in [-0.1, -0.05) is 369 Å². The van der Waals surface area contributed by atoms with E-state index in [1.165, 1.54) is 283 Å². The predicted molar refractivity (Wildman–Crippen MR) is 406 cm³/mol. The van der Waals surface area contributed by atoms with Crippen LogP contribution in [0.25, 0.3) is 0 Å². The molecule has 2 unspecified atom stereocenters. The van der Waals surface area contributed by atoms with Gasteiger partial charge >= 0.3 is 11.9 Å². The zero-order valence-corrected chi connectivity index (χ0v) is 63.6. The average molecular weight is 1340 g/mol. The zero-order valence-electron chi connectivity index (χ0n) is 62.7. The lowest BCUT2D eigenvalue weighted by atomic mass is 10.0. The summed E-state index contributed by atoms with van der Waals surface area (Å²) in [5.41, 5.74) is 0. The first kappa shape index (κ1) is 91.2. The molecule has 0 aliphatic heterocycles. The molecule has 0 fully saturated rings. The van der Waals surface area contributed by atoms with Crippen LogP contribution >= 0.6 is 7.82 Å². The minimum atomic E-state index is -4.65. The molecule has 0 amide bonds. The van der Waals surface area contributed by atoms with Gasteiger partial charge in [-0.15, -0.1) is 0 Å². The van der Waals surface area contributed by atoms with Gasteiger partial charge < -0.3 is 27.9 Å². The van der Waals surface area contributed by atoms with Crippen LogP contribution in [-0.2, 0) is 32.7 Å². The van der Waals surface area contributed by atoms with Crippen molar-refractivity contribution in [1.82, 2.24) is 0 Å². The second-order valence-corrected chi connectivity index (χ2v) is 29.8. The molecular weight excluding hydrogens is 1180 g/mol. The normalized spacial score (nSPS) is 13.5. The summed E-state index contributed by atoms with van der Waals surface area (Å²) in [5, 5.41) is 0. The van der Waals surface area contributed by atoms with Gasteiger partial charge in [0.05, 0.1) is 27.7 Å². The van der Waals surface area contributed by atoms with E-state index in [0.717, 1.165) is 70.6 Å². The van der Waals surface area contributed by atoms with Crippen molar-refractivity contribution in [3.05, 3.63) is 85.1 Å². The van der Waals surface area contributed by atoms with Gasteiger partial charge in [0.2, 0.25) is 0 Å². The highest BCUT2D eigenvalue weighted by atomic mass is 31.2. The first-order valence-corrected chi connectivity index (χ1v) is 41.8. The lowest BCUT2D eigenvalue weighted by Gasteiger charge is -2.28. The maximum absolute atomic E-state index is 12.9. The van der Waals surface area contributed by atoms with E-state index in [9.17, 15) is 19.0 Å². The highest BCUT2D eigenvalue weighted by molar-refractivity contribution is 7.45. The second kappa shape index (κ2) is 74.4. The number of hydrogen-bond donors (Lipinski definition) is 0. The molecule has 0 aliphatic rings. The fourth-order valence-electron chi connectivity index (χ4n) is 11.8. The number of carbonyl (C=O) groups is 2. The van der Waals surface area contributed by atoms with Gasteiger partial charge in [-0.25, -0.2) is 0 Å². The third-order valence-electron chi connectivity index (χ3n) is 17.9. The summed E-state index contributed by atoms with van der Waals surface area (Å²) in [6, 6.07) is 0. The molecule has 0 N–H and O–H groups in total. The Balaban J connectivity index is 3.91. The smallest absolute Gasteiger partial charge is 0.306 e. The fraction of sp³-hybridized carbons (Fsp3) is 0.810. The fourth-order valence-corrected chi connectivity index (χ4v) is 12.5. The van der Waals surface area contributed by atoms with E-state index in [1.54, 1.807) is 0 Å². The van der Waals surface area contributed by atoms with Gasteiger partial charge in [-0.05, 0) is 89.9 Å². The maximum Gasteiger partial charge on any atom is 0.306 e. The number of esters is 2. The summed E-state index contributed by atoms with van der Waals surface area (Å²) in [6.07, 6.45) is 103. The Morgan fingerprint density at radius 3 is 0.904 bits per heavy atom. The van der Waals surface area contributed by atoms with Crippen molar-refractivity contribution in [2.24, 2.45) is 0 Å². The topological polar surface area (TPSA) is 111 Å². The van der Waals surface area contributed by atoms with Crippen molar-refractivity contribution in [2.75, 3.05) is 47.5 Å². The van der Waals surface area contributed by atoms with E-state index in [2.05, 4.69) is 98.9 Å². The molecule has 0 bridgehead atoms. The standard InChI is InChI=1S/C84H154NO8P/c1-6-8-10-12-14-16-18-20-22-24-26-28-30-32-34-36-38-39-40-41-42-43-44-45-47-49-51-53-55-57-59-61-63-65-67-69-71-73-75-77-84(87)93-82(81-92-94(88,89)91-79-78-85(3,4)5)80-90-83(86)76-74-72-70-68-66-64-62-60-58-56-54-52-50-48-46-37-35-33-31-29-27-25-23-21-19-17-15-13-11-9-7-2/h8,10,14,16,19-22,25-28,31,33,82H,6-7,9,11-13,15,17-18,23-24,29-30,32,34-81H2,1-5H3/b10-8-,16-14-,21-19-,22-20-,27-25-,28-26-,33-31-. The molecule has 0 aliphatic carbocycles. The number of nitrogens with zero attached hydrogens (tertiary/aromatic N) is 1. The highest BCUT2D eigenvalue weighted by Gasteiger charge is 2.22. The minimum Gasteiger partial charge on any atom is -0.756 e. The Kier molecular flexibility index (Phi) is 72.2. The lowest BCUT2D eigenvalue weighted by molar-refractivity contribution is -0.870. The van der Waals surface area contributed by atoms with Gasteiger partial charge in [-0.2, -0.15) is 0 Å². The number of quaternary nitrogens is 1. The molecule has 0 saturated heterocycles. The quantitative estimate of drug-likeness (QED) is 0.0195. The van der Waals surface area contributed by atoms with Gasteiger partial charge in [0.15, 0.2) is 6.10 Å². The molecule has 0 radical (unpaired) electrons. The molecule has 0 spiro atoms. The lowest BCUT2D eigenvalue weighted by Crippen LogP contribution is -2.37. The van der Waals surface area contributed by atoms with E-state index < -0.39 is 26.5 Å². The minimum absolute atomic E-state index is 0.0300. The summed E-state index contributed by atoms with van der Waals surface area (Å²) in [4.78, 5) is 38.2. The number of phosphoric ester groups is 1. The maximum atomic E-state index is 12.9. The monoisotopic (exact) mass is 1340 g/mol. The number of carbonyl (C=O) groups excluding carboxylic acids is 2. The Hall–Kier alpha value is -2.81. The van der Waals surface area contributed by atoms with Crippen molar-refractivity contribution >= 4 is 19.8 Å². The van der Waals surface area contributed by atoms with E-state index in [0.29, 0.717) is 17.4 Å². The molecular formula is C84H154NO8P. The SMILES string of the molecule is CC/C=C\C/C=C\C/C=C\C/C=C\CCCCCCCCCCCCCCCCCCCCCCCCCCCCC(=O)OC(COC(=O)CCCCCCCCCCCCCCCCCC/C=C\C/C=C\C/C=C\CCCCCCC)COP(=O)([O-])OCC[N+](C)(C)C. The number of likely N-dealkylation sites (N-methyl/N-ethyl adjacent to an activating group) is 1. The molecule has 9 nitrogen and oxygen atoms in total. The first-order chi connectivity index (χ1) is 46.0. The average Bonchev–Trinajstić information content (AvgIpc) is 1.56. The third-order valence-corrected chi connectivity index (χ3v) is 18.9. The van der Waals surface area contributed by atoms with Crippen LogP contribution in [0.15, 0.2) is 85.1 Å². The van der Waals surface area contributed by atoms with Crippen molar-refractivity contribution in [3.8, 4) is 0 Å². The summed E-state index contributed by atoms with van der Waals surface area (Å²) in [5.74, 6) is -0.814. The first-order valence-electron chi connectivity index (χ1n) is 40.3. The van der Waals surface area contributed by atoms with E-state index in [-0.39, 0.29) is 32.0 Å². The molecule has 0 aromatic rings. The van der Waals surface area contributed by atoms with Crippen molar-refractivity contribution in [2.45, 2.75) is 392 Å². The highest BCUT2D eigenvalue weighted by Crippen LogP contribution is 2.38. The van der Waals surface area contributed by atoms with Crippen LogP contribution in [0, 0.1) is 0 Å². The largest absolute Gasteiger partial charge is 0.756 e. The van der Waals surface area contributed by atoms with Crippen LogP contribution in [-0.4, -0.2) is 70.0 Å². The van der Waals surface area contributed by atoms with Crippen molar-refractivity contribution < 1.29 is 42.1 Å². The van der Waals surface area contributed by atoms with Crippen LogP contribution in [0.1, 0.15) is 386 Å². The Morgan fingerprint density at radius 2 is 0.606 bits per heavy atom. The summed E-state index contributed by atoms with van der Waals surface area (Å²) in [7, 11) is 1.18. The molecule has 0 saturated carbocycles. The van der Waals surface area contributed by atoms with Crippen LogP contribution < -0.4 is 4.89 Å². The van der Waals surface area contributed by atoms with Crippen molar-refractivity contribution in [3.63, 3.8) is 0 Å². The third kappa shape index (κ3) is 78.2. The summed E-state index contributed by atoms with van der Waals surface area (Å²) >= 11 is 0. The molecule has 0 aromatic carbocycles. The van der Waals surface area contributed by atoms with Gasteiger partial charge in [-0.3, -0.25) is 14.2 Å². The Labute approximate surface area is 583 Å².